The maximum atomic E-state index is 14.4. The van der Waals surface area contributed by atoms with Gasteiger partial charge in [0.15, 0.2) is 5.78 Å². The van der Waals surface area contributed by atoms with Crippen LogP contribution in [0.1, 0.15) is 27.6 Å². The molecule has 9 heteroatoms. The molecule has 0 saturated carbocycles. The van der Waals surface area contributed by atoms with Crippen molar-refractivity contribution in [2.45, 2.75) is 6.92 Å². The number of carbonyl (C=O) groups excluding carboxylic acids is 2. The number of piperazine rings is 1. The third-order valence-electron chi connectivity index (χ3n) is 4.98. The van der Waals surface area contributed by atoms with E-state index in [-0.39, 0.29) is 22.9 Å². The van der Waals surface area contributed by atoms with Crippen LogP contribution in [0.3, 0.4) is 0 Å². The van der Waals surface area contributed by atoms with Crippen LogP contribution in [0.15, 0.2) is 36.4 Å². The van der Waals surface area contributed by atoms with Gasteiger partial charge in [0, 0.05) is 56.6 Å². The Kier molecular flexibility index (Phi) is 5.76. The SMILES string of the molecule is CNc1ccc([N+](=O)[O-])cc1C(=O)N1CCN(c2ccc(C(C)=O)cc2F)CC1. The molecule has 0 atom stereocenters. The number of benzene rings is 2. The largest absolute Gasteiger partial charge is 0.387 e. The van der Waals surface area contributed by atoms with Crippen LogP contribution in [0.25, 0.3) is 0 Å². The first kappa shape index (κ1) is 20.2. The standard InChI is InChI=1S/C20H21FN4O4/c1-13(26)14-3-6-19(17(21)11-14)23-7-9-24(10-8-23)20(27)16-12-15(25(28)29)4-5-18(16)22-2/h3-6,11-12,22H,7-10H2,1-2H3. The highest BCUT2D eigenvalue weighted by Crippen LogP contribution is 2.26. The van der Waals surface area contributed by atoms with Crippen molar-refractivity contribution in [2.24, 2.45) is 0 Å². The van der Waals surface area contributed by atoms with E-state index in [9.17, 15) is 24.1 Å². The van der Waals surface area contributed by atoms with Crippen LogP contribution in [0, 0.1) is 15.9 Å². The van der Waals surface area contributed by atoms with Gasteiger partial charge >= 0.3 is 0 Å². The summed E-state index contributed by atoms with van der Waals surface area (Å²) >= 11 is 0. The zero-order valence-corrected chi connectivity index (χ0v) is 16.1. The van der Waals surface area contributed by atoms with Gasteiger partial charge in [-0.15, -0.1) is 0 Å². The Morgan fingerprint density at radius 3 is 2.34 bits per heavy atom. The van der Waals surface area contributed by atoms with Gasteiger partial charge in [0.1, 0.15) is 5.82 Å². The van der Waals surface area contributed by atoms with Gasteiger partial charge in [-0.05, 0) is 31.2 Å². The molecule has 1 aliphatic heterocycles. The smallest absolute Gasteiger partial charge is 0.270 e. The number of nitro benzene ring substituents is 1. The molecule has 8 nitrogen and oxygen atoms in total. The van der Waals surface area contributed by atoms with E-state index in [1.807, 2.05) is 4.90 Å². The number of hydrogen-bond acceptors (Lipinski definition) is 6. The lowest BCUT2D eigenvalue weighted by Crippen LogP contribution is -2.49. The summed E-state index contributed by atoms with van der Waals surface area (Å²) in [5, 5.41) is 13.9. The molecule has 1 N–H and O–H groups in total. The topological polar surface area (TPSA) is 95.8 Å². The fourth-order valence-electron chi connectivity index (χ4n) is 3.34. The molecule has 1 amide bonds. The number of ketones is 1. The minimum absolute atomic E-state index is 0.154. The summed E-state index contributed by atoms with van der Waals surface area (Å²) in [6.45, 7) is 2.89. The number of amides is 1. The van der Waals surface area contributed by atoms with Gasteiger partial charge in [-0.2, -0.15) is 0 Å². The lowest BCUT2D eigenvalue weighted by Gasteiger charge is -2.36. The number of nitrogens with one attached hydrogen (secondary N) is 1. The zero-order valence-electron chi connectivity index (χ0n) is 16.1. The molecule has 152 valence electrons. The number of nitro groups is 1. The first-order valence-corrected chi connectivity index (χ1v) is 9.12. The molecule has 29 heavy (non-hydrogen) atoms. The summed E-state index contributed by atoms with van der Waals surface area (Å²) in [6.07, 6.45) is 0. The summed E-state index contributed by atoms with van der Waals surface area (Å²) in [6, 6.07) is 8.49. The molecule has 1 heterocycles. The molecule has 0 aromatic heterocycles. The number of Topliss-reactive ketones (excluding diaryl/α,β-unsaturated/α-hetero) is 1. The van der Waals surface area contributed by atoms with Gasteiger partial charge in [-0.25, -0.2) is 4.39 Å². The molecular formula is C20H21FN4O4. The van der Waals surface area contributed by atoms with E-state index in [2.05, 4.69) is 5.32 Å². The van der Waals surface area contributed by atoms with E-state index >= 15 is 0 Å². The molecule has 2 aromatic rings. The Morgan fingerprint density at radius 2 is 1.79 bits per heavy atom. The average Bonchev–Trinajstić information content (AvgIpc) is 2.72. The molecule has 0 bridgehead atoms. The second-order valence-electron chi connectivity index (χ2n) is 6.74. The average molecular weight is 400 g/mol. The molecule has 1 saturated heterocycles. The van der Waals surface area contributed by atoms with Crippen LogP contribution in [-0.2, 0) is 0 Å². The minimum Gasteiger partial charge on any atom is -0.387 e. The fourth-order valence-corrected chi connectivity index (χ4v) is 3.34. The highest BCUT2D eigenvalue weighted by Gasteiger charge is 2.26. The summed E-state index contributed by atoms with van der Waals surface area (Å²) in [5.74, 6) is -0.998. The van der Waals surface area contributed by atoms with Gasteiger partial charge in [-0.1, -0.05) is 0 Å². The number of carbonyl (C=O) groups is 2. The Balaban J connectivity index is 1.74. The predicted molar refractivity (Wildman–Crippen MR) is 107 cm³/mol. The first-order chi connectivity index (χ1) is 13.8. The number of anilines is 2. The van der Waals surface area contributed by atoms with E-state index in [1.165, 1.54) is 31.2 Å². The maximum Gasteiger partial charge on any atom is 0.270 e. The van der Waals surface area contributed by atoms with Crippen molar-refractivity contribution in [2.75, 3.05) is 43.4 Å². The minimum atomic E-state index is -0.540. The van der Waals surface area contributed by atoms with Gasteiger partial charge in [0.05, 0.1) is 16.2 Å². The van der Waals surface area contributed by atoms with Crippen LogP contribution in [0.5, 0.6) is 0 Å². The molecule has 3 rings (SSSR count). The summed E-state index contributed by atoms with van der Waals surface area (Å²) in [5.41, 5.74) is 1.28. The summed E-state index contributed by atoms with van der Waals surface area (Å²) < 4.78 is 14.4. The van der Waals surface area contributed by atoms with Crippen molar-refractivity contribution >= 4 is 28.8 Å². The molecule has 2 aromatic carbocycles. The lowest BCUT2D eigenvalue weighted by molar-refractivity contribution is -0.384. The number of non-ortho nitro benzene ring substituents is 1. The third kappa shape index (κ3) is 4.18. The predicted octanol–water partition coefficient (Wildman–Crippen LogP) is 2.94. The van der Waals surface area contributed by atoms with Gasteiger partial charge in [-0.3, -0.25) is 19.7 Å². The normalized spacial score (nSPS) is 13.9. The number of nitrogens with zero attached hydrogens (tertiary/aromatic N) is 3. The van der Waals surface area contributed by atoms with Gasteiger partial charge in [0.25, 0.3) is 11.6 Å². The van der Waals surface area contributed by atoms with Crippen molar-refractivity contribution in [1.29, 1.82) is 0 Å². The van der Waals surface area contributed by atoms with Crippen molar-refractivity contribution in [3.05, 3.63) is 63.5 Å². The molecular weight excluding hydrogens is 379 g/mol. The van der Waals surface area contributed by atoms with Crippen molar-refractivity contribution in [3.8, 4) is 0 Å². The Morgan fingerprint density at radius 1 is 1.10 bits per heavy atom. The second-order valence-corrected chi connectivity index (χ2v) is 6.74. The van der Waals surface area contributed by atoms with Crippen molar-refractivity contribution in [3.63, 3.8) is 0 Å². The van der Waals surface area contributed by atoms with Crippen molar-refractivity contribution in [1.82, 2.24) is 4.90 Å². The molecule has 0 radical (unpaired) electrons. The summed E-state index contributed by atoms with van der Waals surface area (Å²) in [4.78, 5) is 38.2. The van der Waals surface area contributed by atoms with Crippen LogP contribution in [0.2, 0.25) is 0 Å². The van der Waals surface area contributed by atoms with Gasteiger partial charge in [0.2, 0.25) is 0 Å². The second kappa shape index (κ2) is 8.26. The number of halogens is 1. The van der Waals surface area contributed by atoms with E-state index in [0.29, 0.717) is 43.1 Å². The molecule has 1 fully saturated rings. The zero-order chi connectivity index (χ0) is 21.1. The van der Waals surface area contributed by atoms with Crippen LogP contribution in [-0.4, -0.2) is 54.7 Å². The number of hydrogen-bond donors (Lipinski definition) is 1. The Bertz CT molecular complexity index is 971. The monoisotopic (exact) mass is 400 g/mol. The number of rotatable bonds is 5. The van der Waals surface area contributed by atoms with Crippen molar-refractivity contribution < 1.29 is 18.9 Å². The Hall–Kier alpha value is -3.49. The van der Waals surface area contributed by atoms with Crippen LogP contribution < -0.4 is 10.2 Å². The highest BCUT2D eigenvalue weighted by atomic mass is 19.1. The highest BCUT2D eigenvalue weighted by molar-refractivity contribution is 6.00. The van der Waals surface area contributed by atoms with E-state index < -0.39 is 10.7 Å². The molecule has 0 aliphatic carbocycles. The lowest BCUT2D eigenvalue weighted by atomic mass is 10.1. The van der Waals surface area contributed by atoms with E-state index in [4.69, 9.17) is 0 Å². The maximum absolute atomic E-state index is 14.4. The fraction of sp³-hybridized carbons (Fsp3) is 0.300. The van der Waals surface area contributed by atoms with Crippen LogP contribution in [0.4, 0.5) is 21.5 Å². The Labute approximate surface area is 167 Å². The first-order valence-electron chi connectivity index (χ1n) is 9.12. The molecule has 1 aliphatic rings. The van der Waals surface area contributed by atoms with Gasteiger partial charge < -0.3 is 15.1 Å². The molecule has 0 spiro atoms. The van der Waals surface area contributed by atoms with E-state index in [0.717, 1.165) is 0 Å². The third-order valence-corrected chi connectivity index (χ3v) is 4.98. The summed E-state index contributed by atoms with van der Waals surface area (Å²) in [7, 11) is 1.64. The quantitative estimate of drug-likeness (QED) is 0.471. The molecule has 0 unspecified atom stereocenters. The van der Waals surface area contributed by atoms with Crippen LogP contribution >= 0.6 is 0 Å². The van der Waals surface area contributed by atoms with E-state index in [1.54, 1.807) is 24.1 Å².